The van der Waals surface area contributed by atoms with Crippen LogP contribution in [0.5, 0.6) is 0 Å². The van der Waals surface area contributed by atoms with Crippen molar-refractivity contribution < 1.29 is 0 Å². The van der Waals surface area contributed by atoms with Gasteiger partial charge in [0.05, 0.1) is 5.69 Å². The van der Waals surface area contributed by atoms with E-state index in [1.165, 1.54) is 108 Å². The maximum atomic E-state index is 2.44. The highest BCUT2D eigenvalue weighted by Crippen LogP contribution is 2.47. The van der Waals surface area contributed by atoms with E-state index in [9.17, 15) is 0 Å². The van der Waals surface area contributed by atoms with Crippen LogP contribution >= 0.6 is 11.3 Å². The maximum Gasteiger partial charge on any atom is 0.0546 e. The minimum absolute atomic E-state index is 1.10. The molecule has 0 atom stereocenters. The molecule has 0 amide bonds. The number of hydrogen-bond donors (Lipinski definition) is 0. The van der Waals surface area contributed by atoms with Crippen molar-refractivity contribution in [1.29, 1.82) is 0 Å². The normalized spacial score (nSPS) is 11.6. The summed E-state index contributed by atoms with van der Waals surface area (Å²) in [4.78, 5) is 2.44. The topological polar surface area (TPSA) is 3.24 Å². The zero-order valence-corrected chi connectivity index (χ0v) is 36.8. The predicted molar refractivity (Wildman–Crippen MR) is 286 cm³/mol. The quantitative estimate of drug-likeness (QED) is 0.144. The Kier molecular flexibility index (Phi) is 9.11. The van der Waals surface area contributed by atoms with E-state index in [1.54, 1.807) is 0 Å². The number of hydrogen-bond acceptors (Lipinski definition) is 2. The van der Waals surface area contributed by atoms with Gasteiger partial charge in [0.15, 0.2) is 0 Å². The van der Waals surface area contributed by atoms with Gasteiger partial charge in [0, 0.05) is 36.9 Å². The molecule has 0 N–H and O–H groups in total. The van der Waals surface area contributed by atoms with E-state index in [2.05, 4.69) is 254 Å². The lowest BCUT2D eigenvalue weighted by atomic mass is 9.84. The van der Waals surface area contributed by atoms with Gasteiger partial charge in [0.25, 0.3) is 0 Å². The monoisotopic (exact) mass is 855 g/mol. The molecule has 0 aliphatic heterocycles. The fourth-order valence-electron chi connectivity index (χ4n) is 10.4. The number of fused-ring (bicyclic) bond motifs is 9. The number of rotatable bonds is 7. The molecule has 0 aliphatic rings. The molecule has 1 nitrogen and oxygen atoms in total. The lowest BCUT2D eigenvalue weighted by Crippen LogP contribution is -2.10. The zero-order valence-electron chi connectivity index (χ0n) is 36.0. The van der Waals surface area contributed by atoms with Crippen molar-refractivity contribution in [3.63, 3.8) is 0 Å². The first-order valence-electron chi connectivity index (χ1n) is 22.7. The smallest absolute Gasteiger partial charge is 0.0546 e. The summed E-state index contributed by atoms with van der Waals surface area (Å²) in [6.07, 6.45) is 0. The van der Waals surface area contributed by atoms with Crippen molar-refractivity contribution in [2.24, 2.45) is 0 Å². The van der Waals surface area contributed by atoms with Gasteiger partial charge in [-0.1, -0.05) is 206 Å². The Balaban J connectivity index is 0.972. The van der Waals surface area contributed by atoms with Crippen LogP contribution in [0.15, 0.2) is 249 Å². The summed E-state index contributed by atoms with van der Waals surface area (Å²) in [5.41, 5.74) is 13.1. The van der Waals surface area contributed by atoms with E-state index < -0.39 is 0 Å². The average molecular weight is 856 g/mol. The van der Waals surface area contributed by atoms with Crippen LogP contribution in [0.25, 0.3) is 108 Å². The summed E-state index contributed by atoms with van der Waals surface area (Å²) in [5, 5.41) is 12.6. The van der Waals surface area contributed by atoms with Crippen molar-refractivity contribution in [2.45, 2.75) is 0 Å². The minimum Gasteiger partial charge on any atom is -0.310 e. The van der Waals surface area contributed by atoms with Gasteiger partial charge < -0.3 is 4.90 Å². The molecule has 0 saturated heterocycles. The molecule has 0 fully saturated rings. The van der Waals surface area contributed by atoms with Gasteiger partial charge in [-0.15, -0.1) is 11.3 Å². The van der Waals surface area contributed by atoms with Crippen molar-refractivity contribution in [3.8, 4) is 44.5 Å². The number of thiophene rings is 1. The standard InChI is InChI=1S/C64H41NS/c1-3-16-44(17-4-1)62-57-26-12-10-23-53(57)54-39-34-46(40-59(54)63(62)45-18-5-2-6-19-45)42-30-35-48(36-31-42)65(60-41-47-20-7-8-21-50(47)52-22-9-11-24-55(52)60)49-37-32-43(33-38-49)51-27-15-28-58-56-25-13-14-29-61(56)66-64(51)58/h1-41H. The number of nitrogens with zero attached hydrogens (tertiary/aromatic N) is 1. The maximum absolute atomic E-state index is 2.44. The van der Waals surface area contributed by atoms with Gasteiger partial charge in [0.2, 0.25) is 0 Å². The molecule has 1 heterocycles. The fourth-order valence-corrected chi connectivity index (χ4v) is 11.6. The van der Waals surface area contributed by atoms with E-state index >= 15 is 0 Å². The molecule has 0 unspecified atom stereocenters. The first-order valence-corrected chi connectivity index (χ1v) is 23.5. The average Bonchev–Trinajstić information content (AvgIpc) is 3.78. The summed E-state index contributed by atoms with van der Waals surface area (Å²) < 4.78 is 2.65. The highest BCUT2D eigenvalue weighted by Gasteiger charge is 2.21. The van der Waals surface area contributed by atoms with Crippen LogP contribution in [0.2, 0.25) is 0 Å². The second-order valence-corrected chi connectivity index (χ2v) is 18.2. The van der Waals surface area contributed by atoms with Crippen molar-refractivity contribution in [1.82, 2.24) is 0 Å². The highest BCUT2D eigenvalue weighted by molar-refractivity contribution is 7.26. The van der Waals surface area contributed by atoms with Crippen molar-refractivity contribution in [2.75, 3.05) is 4.90 Å². The Hall–Kier alpha value is -8.30. The molecule has 0 spiro atoms. The largest absolute Gasteiger partial charge is 0.310 e. The van der Waals surface area contributed by atoms with Crippen LogP contribution in [-0.2, 0) is 0 Å². The van der Waals surface area contributed by atoms with Crippen molar-refractivity contribution in [3.05, 3.63) is 249 Å². The molecule has 0 aliphatic carbocycles. The van der Waals surface area contributed by atoms with Crippen LogP contribution in [0.4, 0.5) is 17.1 Å². The number of anilines is 3. The Bertz CT molecular complexity index is 3960. The Morgan fingerprint density at radius 1 is 0.273 bits per heavy atom. The van der Waals surface area contributed by atoms with Gasteiger partial charge in [-0.3, -0.25) is 0 Å². The number of benzene rings is 12. The van der Waals surface area contributed by atoms with E-state index in [0.717, 1.165) is 17.1 Å². The molecular formula is C64H41NS. The third kappa shape index (κ3) is 6.30. The van der Waals surface area contributed by atoms with E-state index in [4.69, 9.17) is 0 Å². The van der Waals surface area contributed by atoms with Crippen LogP contribution in [0.1, 0.15) is 0 Å². The van der Waals surface area contributed by atoms with E-state index in [-0.39, 0.29) is 0 Å². The van der Waals surface area contributed by atoms with Gasteiger partial charge in [-0.2, -0.15) is 0 Å². The van der Waals surface area contributed by atoms with Crippen LogP contribution in [0.3, 0.4) is 0 Å². The summed E-state index contributed by atoms with van der Waals surface area (Å²) in [7, 11) is 0. The summed E-state index contributed by atoms with van der Waals surface area (Å²) in [6, 6.07) is 91.5. The Morgan fingerprint density at radius 2 is 0.773 bits per heavy atom. The molecule has 13 aromatic rings. The first-order chi connectivity index (χ1) is 32.7. The summed E-state index contributed by atoms with van der Waals surface area (Å²) in [5.74, 6) is 0. The van der Waals surface area contributed by atoms with Gasteiger partial charge in [-0.25, -0.2) is 0 Å². The lowest BCUT2D eigenvalue weighted by molar-refractivity contribution is 1.30. The highest BCUT2D eigenvalue weighted by atomic mass is 32.1. The summed E-state index contributed by atoms with van der Waals surface area (Å²) in [6.45, 7) is 0. The summed E-state index contributed by atoms with van der Waals surface area (Å²) >= 11 is 1.88. The van der Waals surface area contributed by atoms with Crippen molar-refractivity contribution >= 4 is 91.7 Å². The Labute approximate surface area is 387 Å². The fraction of sp³-hybridized carbons (Fsp3) is 0. The predicted octanol–water partition coefficient (Wildman–Crippen LogP) is 18.8. The van der Waals surface area contributed by atoms with Gasteiger partial charge in [-0.05, 0) is 125 Å². The molecule has 0 bridgehead atoms. The van der Waals surface area contributed by atoms with Gasteiger partial charge >= 0.3 is 0 Å². The van der Waals surface area contributed by atoms with Crippen LogP contribution in [0, 0.1) is 0 Å². The minimum atomic E-state index is 1.10. The Morgan fingerprint density at radius 3 is 1.47 bits per heavy atom. The van der Waals surface area contributed by atoms with Crippen LogP contribution < -0.4 is 4.90 Å². The molecule has 0 radical (unpaired) electrons. The molecule has 13 rings (SSSR count). The third-order valence-corrected chi connectivity index (χ3v) is 14.7. The molecule has 66 heavy (non-hydrogen) atoms. The molecule has 1 aromatic heterocycles. The molecule has 308 valence electrons. The van der Waals surface area contributed by atoms with Gasteiger partial charge in [0.1, 0.15) is 0 Å². The van der Waals surface area contributed by atoms with E-state index in [1.807, 2.05) is 11.3 Å². The van der Waals surface area contributed by atoms with E-state index in [0.29, 0.717) is 0 Å². The molecule has 0 saturated carbocycles. The van der Waals surface area contributed by atoms with Crippen LogP contribution in [-0.4, -0.2) is 0 Å². The lowest BCUT2D eigenvalue weighted by Gasteiger charge is -2.28. The molecule has 2 heteroatoms. The molecular weight excluding hydrogens is 815 g/mol. The first kappa shape index (κ1) is 38.2. The third-order valence-electron chi connectivity index (χ3n) is 13.4. The molecule has 12 aromatic carbocycles. The second-order valence-electron chi connectivity index (χ2n) is 17.2. The zero-order chi connectivity index (χ0) is 43.6. The SMILES string of the molecule is c1ccc(-c2c(-c3ccccc3)c3cc(-c4ccc(N(c5ccc(-c6cccc7c6sc6ccccc67)cc5)c5cc6ccccc6c6ccccc56)cc4)ccc3c3ccccc23)cc1. The second kappa shape index (κ2) is 15.7.